The third-order valence-corrected chi connectivity index (χ3v) is 4.58. The Morgan fingerprint density at radius 3 is 2.41 bits per heavy atom. The van der Waals surface area contributed by atoms with Crippen LogP contribution in [0.3, 0.4) is 0 Å². The van der Waals surface area contributed by atoms with Crippen molar-refractivity contribution in [3.8, 4) is 5.75 Å². The first kappa shape index (κ1) is 23.2. The van der Waals surface area contributed by atoms with E-state index in [1.807, 2.05) is 0 Å². The summed E-state index contributed by atoms with van der Waals surface area (Å²) >= 11 is 6.06. The highest BCUT2D eigenvalue weighted by molar-refractivity contribution is 6.32. The molecule has 0 aliphatic heterocycles. The summed E-state index contributed by atoms with van der Waals surface area (Å²) in [5.74, 6) is -1.03. The zero-order chi connectivity index (χ0) is 20.4. The Bertz CT molecular complexity index is 622. The number of carboxylic acid groups (broad SMARTS) is 2. The average Bonchev–Trinajstić information content (AvgIpc) is 3.45. The van der Waals surface area contributed by atoms with Crippen LogP contribution in [-0.4, -0.2) is 41.3 Å². The lowest BCUT2D eigenvalue weighted by molar-refractivity contribution is -0.139. The van der Waals surface area contributed by atoms with Gasteiger partial charge in [-0.15, -0.1) is 0 Å². The molecule has 2 atom stereocenters. The number of benzene rings is 1. The van der Waals surface area contributed by atoms with Crippen LogP contribution in [-0.2, 0) is 9.59 Å². The van der Waals surface area contributed by atoms with Gasteiger partial charge in [-0.05, 0) is 62.8 Å². The molecule has 1 unspecified atom stereocenters. The van der Waals surface area contributed by atoms with Gasteiger partial charge >= 0.3 is 11.9 Å². The summed E-state index contributed by atoms with van der Waals surface area (Å²) in [7, 11) is 0. The van der Waals surface area contributed by atoms with E-state index in [1.165, 1.54) is 12.8 Å². The second-order valence-electron chi connectivity index (χ2n) is 6.73. The minimum absolute atomic E-state index is 0.483. The van der Waals surface area contributed by atoms with Crippen molar-refractivity contribution in [1.29, 1.82) is 0 Å². The normalized spacial score (nSPS) is 15.3. The van der Waals surface area contributed by atoms with Crippen LogP contribution in [0, 0.1) is 5.92 Å². The molecule has 2 rings (SSSR count). The summed E-state index contributed by atoms with van der Waals surface area (Å²) in [6.45, 7) is 2.94. The van der Waals surface area contributed by atoms with Crippen molar-refractivity contribution in [2.24, 2.45) is 17.4 Å². The fraction of sp³-hybridized carbons (Fsp3) is 0.579. The Balaban J connectivity index is 0.000000314. The van der Waals surface area contributed by atoms with E-state index in [2.05, 4.69) is 0 Å². The molecule has 1 aromatic rings. The predicted octanol–water partition coefficient (Wildman–Crippen LogP) is 2.84. The number of carboxylic acids is 2. The quantitative estimate of drug-likeness (QED) is 0.443. The fourth-order valence-electron chi connectivity index (χ4n) is 2.17. The molecular weight excluding hydrogens is 372 g/mol. The van der Waals surface area contributed by atoms with Crippen molar-refractivity contribution < 1.29 is 24.5 Å². The van der Waals surface area contributed by atoms with Gasteiger partial charge in [-0.1, -0.05) is 24.1 Å². The molecule has 7 nitrogen and oxygen atoms in total. The maximum Gasteiger partial charge on any atom is 0.320 e. The molecule has 8 heteroatoms. The number of aliphatic carboxylic acids is 2. The van der Waals surface area contributed by atoms with Crippen molar-refractivity contribution in [2.45, 2.75) is 51.0 Å². The Morgan fingerprint density at radius 2 is 1.93 bits per heavy atom. The van der Waals surface area contributed by atoms with Gasteiger partial charge in [-0.3, -0.25) is 9.59 Å². The number of halogens is 1. The van der Waals surface area contributed by atoms with Crippen LogP contribution in [0.2, 0.25) is 5.02 Å². The summed E-state index contributed by atoms with van der Waals surface area (Å²) in [6, 6.07) is 4.46. The van der Waals surface area contributed by atoms with E-state index in [0.29, 0.717) is 41.8 Å². The van der Waals surface area contributed by atoms with Crippen LogP contribution in [0.5, 0.6) is 5.75 Å². The summed E-state index contributed by atoms with van der Waals surface area (Å²) in [5, 5.41) is 17.7. The third-order valence-electron chi connectivity index (χ3n) is 4.28. The highest BCUT2D eigenvalue weighted by Gasteiger charge is 2.22. The number of rotatable bonds is 10. The van der Waals surface area contributed by atoms with Gasteiger partial charge in [0, 0.05) is 0 Å². The molecule has 27 heavy (non-hydrogen) atoms. The van der Waals surface area contributed by atoms with E-state index in [1.54, 1.807) is 25.1 Å². The van der Waals surface area contributed by atoms with E-state index < -0.39 is 23.9 Å². The maximum atomic E-state index is 10.8. The predicted molar refractivity (Wildman–Crippen MR) is 104 cm³/mol. The number of hydrogen-bond acceptors (Lipinski definition) is 5. The number of nitrogens with two attached hydrogens (primary N) is 2. The van der Waals surface area contributed by atoms with Crippen LogP contribution < -0.4 is 16.2 Å². The van der Waals surface area contributed by atoms with E-state index in [4.69, 9.17) is 38.0 Å². The van der Waals surface area contributed by atoms with Crippen molar-refractivity contribution in [1.82, 2.24) is 0 Å². The Labute approximate surface area is 164 Å². The summed E-state index contributed by atoms with van der Waals surface area (Å²) in [6.07, 6.45) is 4.62. The zero-order valence-electron chi connectivity index (χ0n) is 15.6. The summed E-state index contributed by atoms with van der Waals surface area (Å²) in [4.78, 5) is 21.0. The number of unbranched alkanes of at least 4 members (excludes halogenated alkanes) is 1. The van der Waals surface area contributed by atoms with Crippen molar-refractivity contribution in [3.63, 3.8) is 0 Å². The maximum absolute atomic E-state index is 10.8. The topological polar surface area (TPSA) is 136 Å². The monoisotopic (exact) mass is 400 g/mol. The highest BCUT2D eigenvalue weighted by Crippen LogP contribution is 2.33. The molecule has 0 radical (unpaired) electrons. The lowest BCUT2D eigenvalue weighted by atomic mass is 10.0. The van der Waals surface area contributed by atoms with E-state index >= 15 is 0 Å². The molecule has 152 valence electrons. The van der Waals surface area contributed by atoms with E-state index in [-0.39, 0.29) is 0 Å². The van der Waals surface area contributed by atoms with Crippen LogP contribution in [0.4, 0.5) is 0 Å². The standard InChI is InChI=1S/C13H15ClO3.C6H14N2O2/c1-8(13(15)16)10-4-5-12(11(14)6-10)17-7-9-2-3-9;7-4-2-1-3-5(8)6(9)10/h4-6,8-9H,2-3,7H2,1H3,(H,15,16);5H,1-4,7-8H2,(H,9,10)/t;5-/m.0/s1. The first-order valence-corrected chi connectivity index (χ1v) is 9.47. The summed E-state index contributed by atoms with van der Waals surface area (Å²) < 4.78 is 5.58. The van der Waals surface area contributed by atoms with Crippen molar-refractivity contribution in [3.05, 3.63) is 28.8 Å². The van der Waals surface area contributed by atoms with Gasteiger partial charge in [0.2, 0.25) is 0 Å². The van der Waals surface area contributed by atoms with Gasteiger partial charge in [0.25, 0.3) is 0 Å². The third kappa shape index (κ3) is 9.08. The smallest absolute Gasteiger partial charge is 0.320 e. The van der Waals surface area contributed by atoms with Gasteiger partial charge in [0.1, 0.15) is 11.8 Å². The Kier molecular flexibility index (Phi) is 10.1. The molecule has 6 N–H and O–H groups in total. The molecule has 1 aliphatic rings. The molecule has 0 amide bonds. The molecule has 1 aromatic carbocycles. The van der Waals surface area contributed by atoms with Gasteiger partial charge in [-0.2, -0.15) is 0 Å². The molecule has 1 saturated carbocycles. The SMILES string of the molecule is CC(C(=O)O)c1ccc(OCC2CC2)c(Cl)c1.NCCCC[C@H](N)C(=O)O. The lowest BCUT2D eigenvalue weighted by Gasteiger charge is -2.11. The minimum Gasteiger partial charge on any atom is -0.492 e. The van der Waals surface area contributed by atoms with E-state index in [9.17, 15) is 9.59 Å². The Morgan fingerprint density at radius 1 is 1.26 bits per heavy atom. The van der Waals surface area contributed by atoms with E-state index in [0.717, 1.165) is 12.8 Å². The van der Waals surface area contributed by atoms with Crippen LogP contribution >= 0.6 is 11.6 Å². The molecule has 1 fully saturated rings. The Hall–Kier alpha value is -1.83. The molecule has 0 bridgehead atoms. The van der Waals surface area contributed by atoms with Crippen LogP contribution in [0.1, 0.15) is 50.5 Å². The van der Waals surface area contributed by atoms with Gasteiger partial charge in [0.15, 0.2) is 0 Å². The van der Waals surface area contributed by atoms with Crippen LogP contribution in [0.15, 0.2) is 18.2 Å². The second-order valence-corrected chi connectivity index (χ2v) is 7.14. The number of hydrogen-bond donors (Lipinski definition) is 4. The first-order valence-electron chi connectivity index (χ1n) is 9.09. The largest absolute Gasteiger partial charge is 0.492 e. The second kappa shape index (κ2) is 11.8. The van der Waals surface area contributed by atoms with Crippen molar-refractivity contribution >= 4 is 23.5 Å². The molecule has 0 saturated heterocycles. The fourth-order valence-corrected chi connectivity index (χ4v) is 2.41. The minimum atomic E-state index is -0.933. The van der Waals surface area contributed by atoms with Crippen molar-refractivity contribution in [2.75, 3.05) is 13.2 Å². The first-order chi connectivity index (χ1) is 12.8. The molecule has 0 spiro atoms. The molecular formula is C19H29ClN2O5. The van der Waals surface area contributed by atoms with Gasteiger partial charge in [0.05, 0.1) is 17.5 Å². The lowest BCUT2D eigenvalue weighted by Crippen LogP contribution is -2.29. The number of ether oxygens (including phenoxy) is 1. The van der Waals surface area contributed by atoms with Gasteiger partial charge in [-0.25, -0.2) is 0 Å². The highest BCUT2D eigenvalue weighted by atomic mass is 35.5. The summed E-state index contributed by atoms with van der Waals surface area (Å²) in [5.41, 5.74) is 11.1. The number of carbonyl (C=O) groups is 2. The zero-order valence-corrected chi connectivity index (χ0v) is 16.3. The average molecular weight is 401 g/mol. The molecule has 1 aliphatic carbocycles. The van der Waals surface area contributed by atoms with Gasteiger partial charge < -0.3 is 26.4 Å². The molecule has 0 aromatic heterocycles. The molecule has 0 heterocycles. The van der Waals surface area contributed by atoms with Crippen LogP contribution in [0.25, 0.3) is 0 Å².